The molecular formula is C22H31IN4O3. The molecule has 164 valence electrons. The van der Waals surface area contributed by atoms with Crippen LogP contribution in [0.3, 0.4) is 0 Å². The molecule has 0 saturated heterocycles. The molecule has 2 aromatic rings. The number of amides is 1. The van der Waals surface area contributed by atoms with Gasteiger partial charge in [-0.25, -0.2) is 0 Å². The van der Waals surface area contributed by atoms with Crippen LogP contribution in [-0.2, 0) is 17.6 Å². The molecule has 30 heavy (non-hydrogen) atoms. The summed E-state index contributed by atoms with van der Waals surface area (Å²) < 4.78 is 10.6. The standard InChI is InChI=1S/C22H30N4O3.HI/c1-28-19-8-4-17(5-9-19)10-12-24-22(25-13-11-20-3-2-16-29-20)26-15-14-23-21(27)18-6-7-18;/h2-5,8-9,16,18H,6-7,10-15H2,1H3,(H,23,27)(H2,24,25,26);1H. The van der Waals surface area contributed by atoms with Gasteiger partial charge in [0.1, 0.15) is 11.5 Å². The number of ether oxygens (including phenoxy) is 1. The summed E-state index contributed by atoms with van der Waals surface area (Å²) >= 11 is 0. The molecule has 0 atom stereocenters. The summed E-state index contributed by atoms with van der Waals surface area (Å²) in [6.07, 6.45) is 5.34. The highest BCUT2D eigenvalue weighted by molar-refractivity contribution is 14.0. The number of guanidine groups is 1. The lowest BCUT2D eigenvalue weighted by Crippen LogP contribution is -2.42. The lowest BCUT2D eigenvalue weighted by Gasteiger charge is -2.13. The van der Waals surface area contributed by atoms with Gasteiger partial charge >= 0.3 is 0 Å². The van der Waals surface area contributed by atoms with Gasteiger partial charge in [0.25, 0.3) is 0 Å². The van der Waals surface area contributed by atoms with Crippen LogP contribution in [0.4, 0.5) is 0 Å². The SMILES string of the molecule is COc1ccc(CCNC(=NCCc2ccco2)NCCNC(=O)C2CC2)cc1.I. The fourth-order valence-electron chi connectivity index (χ4n) is 2.88. The van der Waals surface area contributed by atoms with E-state index in [4.69, 9.17) is 9.15 Å². The maximum Gasteiger partial charge on any atom is 0.223 e. The van der Waals surface area contributed by atoms with Crippen LogP contribution >= 0.6 is 24.0 Å². The molecule has 1 heterocycles. The topological polar surface area (TPSA) is 87.9 Å². The third-order valence-corrected chi connectivity index (χ3v) is 4.74. The lowest BCUT2D eigenvalue weighted by atomic mass is 10.1. The number of hydrogen-bond acceptors (Lipinski definition) is 4. The maximum atomic E-state index is 11.7. The highest BCUT2D eigenvalue weighted by Gasteiger charge is 2.28. The fraction of sp³-hybridized carbons (Fsp3) is 0.455. The third kappa shape index (κ3) is 8.64. The number of benzene rings is 1. The van der Waals surface area contributed by atoms with Crippen molar-refractivity contribution in [3.63, 3.8) is 0 Å². The van der Waals surface area contributed by atoms with Crippen molar-refractivity contribution < 1.29 is 13.9 Å². The molecule has 1 aromatic heterocycles. The first-order valence-corrected chi connectivity index (χ1v) is 10.2. The minimum atomic E-state index is 0. The largest absolute Gasteiger partial charge is 0.497 e. The Morgan fingerprint density at radius 1 is 1.07 bits per heavy atom. The van der Waals surface area contributed by atoms with E-state index in [1.165, 1.54) is 5.56 Å². The highest BCUT2D eigenvalue weighted by atomic mass is 127. The zero-order valence-corrected chi connectivity index (χ0v) is 19.7. The zero-order valence-electron chi connectivity index (χ0n) is 17.4. The van der Waals surface area contributed by atoms with E-state index in [1.807, 2.05) is 24.3 Å². The number of furan rings is 1. The van der Waals surface area contributed by atoms with Crippen molar-refractivity contribution in [2.45, 2.75) is 25.7 Å². The quantitative estimate of drug-likeness (QED) is 0.182. The van der Waals surface area contributed by atoms with E-state index in [0.717, 1.165) is 49.7 Å². The minimum Gasteiger partial charge on any atom is -0.497 e. The zero-order chi connectivity index (χ0) is 20.3. The number of nitrogens with zero attached hydrogens (tertiary/aromatic N) is 1. The molecule has 7 nitrogen and oxygen atoms in total. The van der Waals surface area contributed by atoms with Gasteiger partial charge in [-0.3, -0.25) is 9.79 Å². The van der Waals surface area contributed by atoms with Gasteiger partial charge in [-0.1, -0.05) is 12.1 Å². The predicted octanol–water partition coefficient (Wildman–Crippen LogP) is 2.75. The Balaban J connectivity index is 0.00000320. The second-order valence-corrected chi connectivity index (χ2v) is 7.08. The van der Waals surface area contributed by atoms with Crippen LogP contribution in [-0.4, -0.2) is 45.2 Å². The molecule has 1 aromatic carbocycles. The second kappa shape index (κ2) is 13.1. The van der Waals surface area contributed by atoms with Crippen molar-refractivity contribution in [2.24, 2.45) is 10.9 Å². The average molecular weight is 526 g/mol. The highest BCUT2D eigenvalue weighted by Crippen LogP contribution is 2.28. The van der Waals surface area contributed by atoms with Gasteiger partial charge in [-0.15, -0.1) is 24.0 Å². The first-order valence-electron chi connectivity index (χ1n) is 10.2. The smallest absolute Gasteiger partial charge is 0.223 e. The Morgan fingerprint density at radius 3 is 2.47 bits per heavy atom. The summed E-state index contributed by atoms with van der Waals surface area (Å²) in [7, 11) is 1.67. The summed E-state index contributed by atoms with van der Waals surface area (Å²) in [6, 6.07) is 11.9. The summed E-state index contributed by atoms with van der Waals surface area (Å²) in [4.78, 5) is 16.3. The van der Waals surface area contributed by atoms with E-state index in [2.05, 4.69) is 33.1 Å². The number of carbonyl (C=O) groups excluding carboxylic acids is 1. The van der Waals surface area contributed by atoms with E-state index < -0.39 is 0 Å². The van der Waals surface area contributed by atoms with Crippen molar-refractivity contribution in [3.05, 3.63) is 54.0 Å². The number of nitrogens with one attached hydrogen (secondary N) is 3. The van der Waals surface area contributed by atoms with Gasteiger partial charge in [-0.05, 0) is 49.1 Å². The van der Waals surface area contributed by atoms with Gasteiger partial charge in [0.15, 0.2) is 5.96 Å². The van der Waals surface area contributed by atoms with E-state index in [0.29, 0.717) is 19.6 Å². The van der Waals surface area contributed by atoms with Gasteiger partial charge in [0, 0.05) is 38.5 Å². The normalized spacial score (nSPS) is 13.3. The summed E-state index contributed by atoms with van der Waals surface area (Å²) in [5, 5.41) is 9.62. The monoisotopic (exact) mass is 526 g/mol. The van der Waals surface area contributed by atoms with E-state index in [9.17, 15) is 4.79 Å². The van der Waals surface area contributed by atoms with Crippen LogP contribution in [0, 0.1) is 5.92 Å². The van der Waals surface area contributed by atoms with E-state index >= 15 is 0 Å². The maximum absolute atomic E-state index is 11.7. The van der Waals surface area contributed by atoms with Crippen molar-refractivity contribution in [1.29, 1.82) is 0 Å². The molecule has 3 rings (SSSR count). The molecular weight excluding hydrogens is 495 g/mol. The van der Waals surface area contributed by atoms with E-state index in [1.54, 1.807) is 13.4 Å². The number of aliphatic imine (C=N–C) groups is 1. The average Bonchev–Trinajstić information content (AvgIpc) is 3.47. The van der Waals surface area contributed by atoms with Crippen LogP contribution in [0.5, 0.6) is 5.75 Å². The summed E-state index contributed by atoms with van der Waals surface area (Å²) in [5.41, 5.74) is 1.23. The van der Waals surface area contributed by atoms with Crippen LogP contribution in [0.25, 0.3) is 0 Å². The van der Waals surface area contributed by atoms with Gasteiger partial charge in [0.05, 0.1) is 13.4 Å². The number of hydrogen-bond donors (Lipinski definition) is 3. The van der Waals surface area contributed by atoms with Gasteiger partial charge in [0.2, 0.25) is 5.91 Å². The number of carbonyl (C=O) groups is 1. The van der Waals surface area contributed by atoms with Gasteiger partial charge in [-0.2, -0.15) is 0 Å². The molecule has 1 aliphatic carbocycles. The van der Waals surface area contributed by atoms with E-state index in [-0.39, 0.29) is 35.8 Å². The molecule has 1 fully saturated rings. The molecule has 0 spiro atoms. The molecule has 1 aliphatic rings. The molecule has 0 aliphatic heterocycles. The second-order valence-electron chi connectivity index (χ2n) is 7.08. The van der Waals surface area contributed by atoms with Crippen molar-refractivity contribution in [2.75, 3.05) is 33.3 Å². The van der Waals surface area contributed by atoms with Crippen molar-refractivity contribution >= 4 is 35.8 Å². The Morgan fingerprint density at radius 2 is 1.80 bits per heavy atom. The first-order chi connectivity index (χ1) is 14.2. The lowest BCUT2D eigenvalue weighted by molar-refractivity contribution is -0.122. The Hall–Kier alpha value is -2.23. The minimum absolute atomic E-state index is 0. The molecule has 0 radical (unpaired) electrons. The first kappa shape index (κ1) is 24.0. The molecule has 8 heteroatoms. The Bertz CT molecular complexity index is 774. The Labute approximate surface area is 195 Å². The fourth-order valence-corrected chi connectivity index (χ4v) is 2.88. The third-order valence-electron chi connectivity index (χ3n) is 4.74. The summed E-state index contributed by atoms with van der Waals surface area (Å²) in [5.74, 6) is 2.92. The summed E-state index contributed by atoms with van der Waals surface area (Å²) in [6.45, 7) is 2.60. The number of halogens is 1. The Kier molecular flexibility index (Phi) is 10.5. The van der Waals surface area contributed by atoms with Gasteiger partial charge < -0.3 is 25.1 Å². The molecule has 1 saturated carbocycles. The molecule has 0 unspecified atom stereocenters. The molecule has 1 amide bonds. The van der Waals surface area contributed by atoms with Crippen LogP contribution in [0.1, 0.15) is 24.2 Å². The molecule has 3 N–H and O–H groups in total. The van der Waals surface area contributed by atoms with Crippen LogP contribution in [0.15, 0.2) is 52.1 Å². The van der Waals surface area contributed by atoms with Crippen LogP contribution < -0.4 is 20.7 Å². The molecule has 0 bridgehead atoms. The number of rotatable bonds is 11. The van der Waals surface area contributed by atoms with Crippen molar-refractivity contribution in [1.82, 2.24) is 16.0 Å². The number of methoxy groups -OCH3 is 1. The van der Waals surface area contributed by atoms with Crippen molar-refractivity contribution in [3.8, 4) is 5.75 Å². The van der Waals surface area contributed by atoms with Crippen LogP contribution in [0.2, 0.25) is 0 Å². The predicted molar refractivity (Wildman–Crippen MR) is 129 cm³/mol.